The van der Waals surface area contributed by atoms with E-state index in [4.69, 9.17) is 4.74 Å². The summed E-state index contributed by atoms with van der Waals surface area (Å²) >= 11 is 0. The first kappa shape index (κ1) is 15.9. The van der Waals surface area contributed by atoms with Gasteiger partial charge in [-0.1, -0.05) is 19.8 Å². The fourth-order valence-corrected chi connectivity index (χ4v) is 2.03. The zero-order valence-corrected chi connectivity index (χ0v) is 12.8. The van der Waals surface area contributed by atoms with Gasteiger partial charge in [0.25, 0.3) is 0 Å². The lowest BCUT2D eigenvalue weighted by Gasteiger charge is -2.14. The third-order valence-electron chi connectivity index (χ3n) is 3.25. The first-order valence-electron chi connectivity index (χ1n) is 7.56. The third-order valence-corrected chi connectivity index (χ3v) is 3.25. The van der Waals surface area contributed by atoms with Crippen molar-refractivity contribution >= 4 is 12.2 Å². The second-order valence-electron chi connectivity index (χ2n) is 5.03. The second kappa shape index (κ2) is 8.77. The number of rotatable bonds is 8. The van der Waals surface area contributed by atoms with Gasteiger partial charge in [-0.05, 0) is 31.1 Å². The van der Waals surface area contributed by atoms with Gasteiger partial charge >= 0.3 is 5.97 Å². The van der Waals surface area contributed by atoms with E-state index in [9.17, 15) is 4.79 Å². The van der Waals surface area contributed by atoms with Crippen molar-refractivity contribution in [3.8, 4) is 0 Å². The fourth-order valence-electron chi connectivity index (χ4n) is 2.03. The van der Waals surface area contributed by atoms with Gasteiger partial charge in [-0.2, -0.15) is 0 Å². The lowest BCUT2D eigenvalue weighted by Crippen LogP contribution is -2.16. The number of nitrogens with zero attached hydrogens (tertiary/aromatic N) is 3. The molecule has 0 spiro atoms. The topological polar surface area (TPSA) is 57.0 Å². The largest absolute Gasteiger partial charge is 0.454 e. The Hall–Kier alpha value is -2.43. The number of ether oxygens (including phenoxy) is 1. The molecule has 0 amide bonds. The highest BCUT2D eigenvalue weighted by Crippen LogP contribution is 2.12. The van der Waals surface area contributed by atoms with Gasteiger partial charge in [-0.3, -0.25) is 4.98 Å². The molecule has 2 aromatic rings. The van der Waals surface area contributed by atoms with Gasteiger partial charge in [0.2, 0.25) is 0 Å². The highest BCUT2D eigenvalue weighted by Gasteiger charge is 2.13. The van der Waals surface area contributed by atoms with Crippen molar-refractivity contribution in [1.82, 2.24) is 14.5 Å². The molecule has 0 aliphatic rings. The maximum absolute atomic E-state index is 12.1. The minimum atomic E-state index is -0.343. The van der Waals surface area contributed by atoms with Crippen LogP contribution in [0.1, 0.15) is 43.0 Å². The van der Waals surface area contributed by atoms with E-state index >= 15 is 0 Å². The Labute approximate surface area is 130 Å². The van der Waals surface area contributed by atoms with Gasteiger partial charge in [-0.25, -0.2) is 9.78 Å². The molecule has 0 aromatic carbocycles. The molecule has 1 unspecified atom stereocenters. The molecule has 0 bridgehead atoms. The van der Waals surface area contributed by atoms with Crippen molar-refractivity contribution in [2.24, 2.45) is 0 Å². The second-order valence-corrected chi connectivity index (χ2v) is 5.03. The van der Waals surface area contributed by atoms with E-state index in [1.807, 2.05) is 23.0 Å². The minimum absolute atomic E-state index is 0.248. The number of pyridine rings is 1. The normalized spacial score (nSPS) is 12.4. The van der Waals surface area contributed by atoms with Gasteiger partial charge in [0, 0.05) is 31.0 Å². The van der Waals surface area contributed by atoms with Crippen molar-refractivity contribution in [3.05, 3.63) is 54.9 Å². The molecule has 2 aromatic heterocycles. The van der Waals surface area contributed by atoms with Crippen molar-refractivity contribution in [2.75, 3.05) is 0 Å². The zero-order valence-electron chi connectivity index (χ0n) is 12.8. The van der Waals surface area contributed by atoms with Crippen LogP contribution in [0.4, 0.5) is 0 Å². The molecule has 116 valence electrons. The van der Waals surface area contributed by atoms with E-state index < -0.39 is 0 Å². The molecule has 22 heavy (non-hydrogen) atoms. The van der Waals surface area contributed by atoms with Crippen LogP contribution in [0.25, 0.3) is 6.20 Å². The SMILES string of the molecule is CCCCCC(/C=C/n1ccnc1)OC(=O)c1cccnc1. The Morgan fingerprint density at radius 3 is 2.95 bits per heavy atom. The van der Waals surface area contributed by atoms with E-state index in [-0.39, 0.29) is 12.1 Å². The van der Waals surface area contributed by atoms with Gasteiger partial charge in [0.1, 0.15) is 6.10 Å². The van der Waals surface area contributed by atoms with Crippen molar-refractivity contribution in [2.45, 2.75) is 38.7 Å². The van der Waals surface area contributed by atoms with Crippen LogP contribution in [0.2, 0.25) is 0 Å². The number of esters is 1. The minimum Gasteiger partial charge on any atom is -0.454 e. The molecular weight excluding hydrogens is 278 g/mol. The fraction of sp³-hybridized carbons (Fsp3) is 0.353. The maximum atomic E-state index is 12.1. The van der Waals surface area contributed by atoms with Crippen LogP contribution in [-0.2, 0) is 4.74 Å². The number of unbranched alkanes of at least 4 members (excludes halogenated alkanes) is 2. The van der Waals surface area contributed by atoms with Crippen LogP contribution >= 0.6 is 0 Å². The van der Waals surface area contributed by atoms with E-state index in [0.717, 1.165) is 25.7 Å². The molecule has 1 atom stereocenters. The lowest BCUT2D eigenvalue weighted by molar-refractivity contribution is 0.0377. The summed E-state index contributed by atoms with van der Waals surface area (Å²) in [4.78, 5) is 20.1. The van der Waals surface area contributed by atoms with E-state index in [0.29, 0.717) is 5.56 Å². The standard InChI is InChI=1S/C17H21N3O2/c1-2-3-4-7-16(8-11-20-12-10-19-14-20)22-17(21)15-6-5-9-18-13-15/h5-6,8-14,16H,2-4,7H2,1H3/b11-8+. The van der Waals surface area contributed by atoms with Gasteiger partial charge in [0.15, 0.2) is 0 Å². The molecule has 0 radical (unpaired) electrons. The zero-order chi connectivity index (χ0) is 15.6. The molecule has 0 saturated carbocycles. The average molecular weight is 299 g/mol. The van der Waals surface area contributed by atoms with Gasteiger partial charge in [0.05, 0.1) is 11.9 Å². The molecule has 0 aliphatic heterocycles. The molecule has 2 rings (SSSR count). The predicted octanol–water partition coefficient (Wildman–Crippen LogP) is 3.55. The Morgan fingerprint density at radius 2 is 2.27 bits per heavy atom. The summed E-state index contributed by atoms with van der Waals surface area (Å²) in [5, 5.41) is 0. The van der Waals surface area contributed by atoms with Crippen LogP contribution in [0.5, 0.6) is 0 Å². The predicted molar refractivity (Wildman–Crippen MR) is 85.1 cm³/mol. The Bertz CT molecular complexity index is 579. The van der Waals surface area contributed by atoms with Crippen LogP contribution < -0.4 is 0 Å². The Balaban J connectivity index is 1.98. The van der Waals surface area contributed by atoms with E-state index in [1.165, 1.54) is 6.20 Å². The van der Waals surface area contributed by atoms with E-state index in [2.05, 4.69) is 16.9 Å². The first-order chi connectivity index (χ1) is 10.8. The molecule has 0 saturated heterocycles. The molecule has 0 aliphatic carbocycles. The highest BCUT2D eigenvalue weighted by atomic mass is 16.5. The summed E-state index contributed by atoms with van der Waals surface area (Å²) in [7, 11) is 0. The quantitative estimate of drug-likeness (QED) is 0.552. The Morgan fingerprint density at radius 1 is 1.36 bits per heavy atom. The monoisotopic (exact) mass is 299 g/mol. The molecule has 0 fully saturated rings. The van der Waals surface area contributed by atoms with Crippen molar-refractivity contribution in [1.29, 1.82) is 0 Å². The summed E-state index contributed by atoms with van der Waals surface area (Å²) in [6.45, 7) is 2.15. The van der Waals surface area contributed by atoms with Crippen LogP contribution in [0.15, 0.2) is 49.3 Å². The smallest absolute Gasteiger partial charge is 0.340 e. The number of carbonyl (C=O) groups is 1. The van der Waals surface area contributed by atoms with Crippen LogP contribution in [0.3, 0.4) is 0 Å². The average Bonchev–Trinajstić information content (AvgIpc) is 3.07. The summed E-state index contributed by atoms with van der Waals surface area (Å²) in [5.74, 6) is -0.343. The Kier molecular flexibility index (Phi) is 6.36. The summed E-state index contributed by atoms with van der Waals surface area (Å²) < 4.78 is 7.41. The van der Waals surface area contributed by atoms with Crippen LogP contribution in [0, 0.1) is 0 Å². The molecule has 5 heteroatoms. The number of imidazole rings is 1. The molecular formula is C17H21N3O2. The number of hydrogen-bond acceptors (Lipinski definition) is 4. The lowest BCUT2D eigenvalue weighted by atomic mass is 10.1. The molecule has 0 N–H and O–H groups in total. The summed E-state index contributed by atoms with van der Waals surface area (Å²) in [6.07, 6.45) is 16.0. The summed E-state index contributed by atoms with van der Waals surface area (Å²) in [6, 6.07) is 3.43. The highest BCUT2D eigenvalue weighted by molar-refractivity contribution is 5.89. The van der Waals surface area contributed by atoms with Crippen molar-refractivity contribution < 1.29 is 9.53 Å². The van der Waals surface area contributed by atoms with Gasteiger partial charge in [-0.15, -0.1) is 0 Å². The third kappa shape index (κ3) is 5.16. The maximum Gasteiger partial charge on any atom is 0.340 e. The number of aromatic nitrogens is 3. The molecule has 2 heterocycles. The van der Waals surface area contributed by atoms with Gasteiger partial charge < -0.3 is 9.30 Å². The van der Waals surface area contributed by atoms with Crippen LogP contribution in [-0.4, -0.2) is 26.6 Å². The first-order valence-corrected chi connectivity index (χ1v) is 7.56. The van der Waals surface area contributed by atoms with E-state index in [1.54, 1.807) is 30.9 Å². The molecule has 5 nitrogen and oxygen atoms in total. The van der Waals surface area contributed by atoms with Crippen molar-refractivity contribution in [3.63, 3.8) is 0 Å². The number of hydrogen-bond donors (Lipinski definition) is 0. The number of carbonyl (C=O) groups excluding carboxylic acids is 1. The summed E-state index contributed by atoms with van der Waals surface area (Å²) in [5.41, 5.74) is 0.471.